The van der Waals surface area contributed by atoms with Gasteiger partial charge in [-0.3, -0.25) is 0 Å². The molecule has 3 aromatic heterocycles. The quantitative estimate of drug-likeness (QED) is 0.647. The zero-order valence-corrected chi connectivity index (χ0v) is 14.0. The molecule has 9 nitrogen and oxygen atoms in total. The first-order valence-corrected chi connectivity index (χ1v) is 7.52. The molecule has 3 aromatic rings. The Balaban J connectivity index is 2.02. The third kappa shape index (κ3) is 3.39. The minimum atomic E-state index is -1.08. The fraction of sp³-hybridized carbons (Fsp3) is 0.188. The first-order chi connectivity index (χ1) is 12.0. The fourth-order valence-corrected chi connectivity index (χ4v) is 2.26. The zero-order valence-electron chi connectivity index (χ0n) is 14.0. The number of anilines is 3. The average Bonchev–Trinajstić information content (AvgIpc) is 2.97. The zero-order chi connectivity index (χ0) is 18.0. The Labute approximate surface area is 143 Å². The summed E-state index contributed by atoms with van der Waals surface area (Å²) >= 11 is 0. The number of carboxylic acids is 1. The van der Waals surface area contributed by atoms with Gasteiger partial charge in [-0.25, -0.2) is 19.7 Å². The second-order valence-corrected chi connectivity index (χ2v) is 5.39. The average molecular weight is 339 g/mol. The molecule has 0 radical (unpaired) electrons. The predicted molar refractivity (Wildman–Crippen MR) is 92.7 cm³/mol. The number of hydrogen-bond donors (Lipinski definition) is 3. The Kier molecular flexibility index (Phi) is 4.29. The minimum Gasteiger partial charge on any atom is -0.477 e. The molecule has 0 fully saturated rings. The molecule has 0 bridgehead atoms. The number of carboxylic acid groups (broad SMARTS) is 1. The third-order valence-corrected chi connectivity index (χ3v) is 3.52. The topological polar surface area (TPSA) is 118 Å². The van der Waals surface area contributed by atoms with Gasteiger partial charge in [-0.05, 0) is 25.5 Å². The van der Waals surface area contributed by atoms with Gasteiger partial charge in [0.05, 0.1) is 5.69 Å². The summed E-state index contributed by atoms with van der Waals surface area (Å²) in [5.41, 5.74) is 1.56. The number of aryl methyl sites for hydroxylation is 2. The fourth-order valence-electron chi connectivity index (χ4n) is 2.26. The van der Waals surface area contributed by atoms with Crippen molar-refractivity contribution in [1.29, 1.82) is 0 Å². The largest absolute Gasteiger partial charge is 0.477 e. The van der Waals surface area contributed by atoms with Crippen LogP contribution in [0.1, 0.15) is 21.7 Å². The van der Waals surface area contributed by atoms with E-state index in [0.29, 0.717) is 23.3 Å². The van der Waals surface area contributed by atoms with Crippen LogP contribution in [-0.2, 0) is 0 Å². The second-order valence-electron chi connectivity index (χ2n) is 5.39. The number of aromatic carboxylic acids is 1. The van der Waals surface area contributed by atoms with Crippen LogP contribution in [0.3, 0.4) is 0 Å². The highest BCUT2D eigenvalue weighted by Crippen LogP contribution is 2.22. The van der Waals surface area contributed by atoms with Crippen LogP contribution in [0, 0.1) is 13.8 Å². The first kappa shape index (κ1) is 16.4. The second kappa shape index (κ2) is 6.56. The SMILES string of the molecule is CNc1cc(-n2nc(C)cc2Nc2nc(C(=O)O)ccc2C)ncn1. The van der Waals surface area contributed by atoms with Crippen molar-refractivity contribution >= 4 is 23.4 Å². The standard InChI is InChI=1S/C16H17N7O2/c1-9-4-5-11(16(24)25)20-15(9)21-14-6-10(2)22-23(14)13-7-12(17-3)18-8-19-13/h4-8H,1-3H3,(H,20,21)(H,24,25)(H,17,18,19). The molecule has 0 atom stereocenters. The van der Waals surface area contributed by atoms with E-state index in [4.69, 9.17) is 5.11 Å². The number of hydrogen-bond acceptors (Lipinski definition) is 7. The maximum Gasteiger partial charge on any atom is 0.354 e. The van der Waals surface area contributed by atoms with Crippen LogP contribution in [0.5, 0.6) is 0 Å². The maximum atomic E-state index is 11.1. The minimum absolute atomic E-state index is 0.0320. The van der Waals surface area contributed by atoms with Crippen LogP contribution < -0.4 is 10.6 Å². The first-order valence-electron chi connectivity index (χ1n) is 7.52. The van der Waals surface area contributed by atoms with E-state index in [9.17, 15) is 4.79 Å². The number of rotatable bonds is 5. The molecule has 0 aliphatic carbocycles. The summed E-state index contributed by atoms with van der Waals surface area (Å²) in [5, 5.41) is 19.7. The molecule has 3 rings (SSSR count). The molecule has 9 heteroatoms. The molecule has 0 aliphatic rings. The smallest absolute Gasteiger partial charge is 0.354 e. The number of carbonyl (C=O) groups is 1. The van der Waals surface area contributed by atoms with Crippen molar-refractivity contribution < 1.29 is 9.90 Å². The van der Waals surface area contributed by atoms with Gasteiger partial charge in [0.25, 0.3) is 0 Å². The number of pyridine rings is 1. The Morgan fingerprint density at radius 2 is 2.00 bits per heavy atom. The summed E-state index contributed by atoms with van der Waals surface area (Å²) in [6.07, 6.45) is 1.44. The number of nitrogens with one attached hydrogen (secondary N) is 2. The van der Waals surface area contributed by atoms with E-state index in [1.54, 1.807) is 23.9 Å². The Morgan fingerprint density at radius 3 is 2.72 bits per heavy atom. The van der Waals surface area contributed by atoms with E-state index in [-0.39, 0.29) is 5.69 Å². The van der Waals surface area contributed by atoms with Crippen LogP contribution in [0.2, 0.25) is 0 Å². The van der Waals surface area contributed by atoms with E-state index >= 15 is 0 Å². The van der Waals surface area contributed by atoms with Crippen LogP contribution in [0.15, 0.2) is 30.6 Å². The normalized spacial score (nSPS) is 10.5. The summed E-state index contributed by atoms with van der Waals surface area (Å²) in [7, 11) is 1.77. The lowest BCUT2D eigenvalue weighted by molar-refractivity contribution is 0.0690. The maximum absolute atomic E-state index is 11.1. The van der Waals surface area contributed by atoms with Crippen LogP contribution in [-0.4, -0.2) is 42.9 Å². The van der Waals surface area contributed by atoms with Gasteiger partial charge < -0.3 is 15.7 Å². The van der Waals surface area contributed by atoms with E-state index < -0.39 is 5.97 Å². The van der Waals surface area contributed by atoms with Gasteiger partial charge >= 0.3 is 5.97 Å². The van der Waals surface area contributed by atoms with Gasteiger partial charge in [-0.1, -0.05) is 6.07 Å². The van der Waals surface area contributed by atoms with Gasteiger partial charge in [0, 0.05) is 19.2 Å². The lowest BCUT2D eigenvalue weighted by Gasteiger charge is -2.11. The molecule has 0 aromatic carbocycles. The monoisotopic (exact) mass is 339 g/mol. The van der Waals surface area contributed by atoms with Gasteiger partial charge in [0.15, 0.2) is 11.5 Å². The van der Waals surface area contributed by atoms with Crippen molar-refractivity contribution in [3.8, 4) is 5.82 Å². The lowest BCUT2D eigenvalue weighted by atomic mass is 10.2. The van der Waals surface area contributed by atoms with Gasteiger partial charge in [0.1, 0.15) is 23.8 Å². The van der Waals surface area contributed by atoms with E-state index in [2.05, 4.69) is 30.7 Å². The summed E-state index contributed by atoms with van der Waals surface area (Å²) in [5.74, 6) is 1.22. The molecule has 128 valence electrons. The molecule has 0 spiro atoms. The Bertz CT molecular complexity index is 936. The molecule has 0 saturated carbocycles. The molecular weight excluding hydrogens is 322 g/mol. The predicted octanol–water partition coefficient (Wildman–Crippen LogP) is 2.16. The van der Waals surface area contributed by atoms with E-state index in [0.717, 1.165) is 11.3 Å². The summed E-state index contributed by atoms with van der Waals surface area (Å²) < 4.78 is 1.62. The lowest BCUT2D eigenvalue weighted by Crippen LogP contribution is -2.09. The van der Waals surface area contributed by atoms with Gasteiger partial charge in [-0.15, -0.1) is 0 Å². The van der Waals surface area contributed by atoms with Crippen molar-refractivity contribution in [2.24, 2.45) is 0 Å². The number of aromatic nitrogens is 5. The van der Waals surface area contributed by atoms with Crippen LogP contribution in [0.25, 0.3) is 5.82 Å². The van der Waals surface area contributed by atoms with Gasteiger partial charge in [-0.2, -0.15) is 9.78 Å². The Hall–Kier alpha value is -3.49. The van der Waals surface area contributed by atoms with Crippen molar-refractivity contribution in [3.63, 3.8) is 0 Å². The highest BCUT2D eigenvalue weighted by molar-refractivity contribution is 5.86. The highest BCUT2D eigenvalue weighted by atomic mass is 16.4. The molecule has 0 amide bonds. The number of nitrogens with zero attached hydrogens (tertiary/aromatic N) is 5. The van der Waals surface area contributed by atoms with Crippen LogP contribution in [0.4, 0.5) is 17.5 Å². The van der Waals surface area contributed by atoms with E-state index in [1.165, 1.54) is 12.4 Å². The van der Waals surface area contributed by atoms with Crippen molar-refractivity contribution in [2.75, 3.05) is 17.7 Å². The van der Waals surface area contributed by atoms with Crippen molar-refractivity contribution in [2.45, 2.75) is 13.8 Å². The third-order valence-electron chi connectivity index (χ3n) is 3.52. The molecule has 0 saturated heterocycles. The molecule has 3 heterocycles. The van der Waals surface area contributed by atoms with Gasteiger partial charge in [0.2, 0.25) is 0 Å². The highest BCUT2D eigenvalue weighted by Gasteiger charge is 2.13. The molecule has 3 N–H and O–H groups in total. The Morgan fingerprint density at radius 1 is 1.20 bits per heavy atom. The van der Waals surface area contributed by atoms with Crippen molar-refractivity contribution in [3.05, 3.63) is 47.5 Å². The molecule has 0 unspecified atom stereocenters. The summed E-state index contributed by atoms with van der Waals surface area (Å²) in [6.45, 7) is 3.70. The summed E-state index contributed by atoms with van der Waals surface area (Å²) in [4.78, 5) is 23.6. The van der Waals surface area contributed by atoms with Crippen LogP contribution >= 0.6 is 0 Å². The summed E-state index contributed by atoms with van der Waals surface area (Å²) in [6, 6.07) is 6.76. The molecule has 0 aliphatic heterocycles. The van der Waals surface area contributed by atoms with E-state index in [1.807, 2.05) is 19.9 Å². The molecule has 25 heavy (non-hydrogen) atoms. The molecular formula is C16H17N7O2. The van der Waals surface area contributed by atoms with Crippen molar-refractivity contribution in [1.82, 2.24) is 24.7 Å².